The summed E-state index contributed by atoms with van der Waals surface area (Å²) in [6.07, 6.45) is -2.60. The van der Waals surface area contributed by atoms with Gasteiger partial charge in [-0.15, -0.1) is 0 Å². The van der Waals surface area contributed by atoms with E-state index in [-0.39, 0.29) is 11.3 Å². The van der Waals surface area contributed by atoms with E-state index < -0.39 is 24.6 Å². The number of alkyl halides is 2. The molecule has 1 nitrogen and oxygen atoms in total. The maximum absolute atomic E-state index is 13.0. The van der Waals surface area contributed by atoms with Gasteiger partial charge in [0.2, 0.25) is 0 Å². The van der Waals surface area contributed by atoms with Crippen LogP contribution in [0.3, 0.4) is 0 Å². The molecule has 1 aromatic carbocycles. The third-order valence-corrected chi connectivity index (χ3v) is 1.70. The second-order valence-corrected chi connectivity index (χ2v) is 2.85. The van der Waals surface area contributed by atoms with Crippen molar-refractivity contribution in [2.45, 2.75) is 13.3 Å². The van der Waals surface area contributed by atoms with Gasteiger partial charge in [-0.25, -0.2) is 17.6 Å². The lowest BCUT2D eigenvalue weighted by Crippen LogP contribution is -2.11. The molecule has 1 aromatic rings. The maximum Gasteiger partial charge on any atom is 0.255 e. The summed E-state index contributed by atoms with van der Waals surface area (Å²) in [4.78, 5) is 0. The Hall–Kier alpha value is -1.26. The Morgan fingerprint density at radius 1 is 1.21 bits per heavy atom. The fourth-order valence-electron chi connectivity index (χ4n) is 0.969. The van der Waals surface area contributed by atoms with Crippen LogP contribution < -0.4 is 5.32 Å². The van der Waals surface area contributed by atoms with Crippen LogP contribution in [0.15, 0.2) is 12.1 Å². The molecule has 14 heavy (non-hydrogen) atoms. The predicted octanol–water partition coefficient (Wildman–Crippen LogP) is 2.95. The van der Waals surface area contributed by atoms with Crippen LogP contribution in [-0.4, -0.2) is 13.0 Å². The van der Waals surface area contributed by atoms with E-state index in [0.717, 1.165) is 12.1 Å². The number of nitrogens with one attached hydrogen (secondary N) is 1. The van der Waals surface area contributed by atoms with Gasteiger partial charge in [0, 0.05) is 6.07 Å². The summed E-state index contributed by atoms with van der Waals surface area (Å²) in [5.41, 5.74) is -0.0986. The summed E-state index contributed by atoms with van der Waals surface area (Å²) in [7, 11) is 0. The molecule has 0 unspecified atom stereocenters. The lowest BCUT2D eigenvalue weighted by atomic mass is 10.2. The molecule has 0 aliphatic rings. The molecule has 0 bridgehead atoms. The molecule has 0 aliphatic carbocycles. The van der Waals surface area contributed by atoms with Gasteiger partial charge < -0.3 is 5.32 Å². The molecule has 78 valence electrons. The summed E-state index contributed by atoms with van der Waals surface area (Å²) < 4.78 is 49.4. The van der Waals surface area contributed by atoms with Crippen LogP contribution in [0, 0.1) is 18.6 Å². The van der Waals surface area contributed by atoms with E-state index in [1.165, 1.54) is 6.92 Å². The lowest BCUT2D eigenvalue weighted by molar-refractivity contribution is 0.163. The van der Waals surface area contributed by atoms with E-state index in [0.29, 0.717) is 0 Å². The number of hydrogen-bond donors (Lipinski definition) is 1. The molecular weight excluding hydrogens is 198 g/mol. The first-order chi connectivity index (χ1) is 6.50. The van der Waals surface area contributed by atoms with Gasteiger partial charge in [0.1, 0.15) is 11.6 Å². The standard InChI is InChI=1S/C9H9F4N/c1-5-2-7(11)8(3-6(5)10)14-4-9(12)13/h2-3,9,14H,4H2,1H3. The third-order valence-electron chi connectivity index (χ3n) is 1.70. The van der Waals surface area contributed by atoms with Crippen LogP contribution in [0.2, 0.25) is 0 Å². The Labute approximate surface area is 78.7 Å². The van der Waals surface area contributed by atoms with Gasteiger partial charge in [-0.05, 0) is 18.6 Å². The Kier molecular flexibility index (Phi) is 3.33. The van der Waals surface area contributed by atoms with Gasteiger partial charge in [0.15, 0.2) is 0 Å². The predicted molar refractivity (Wildman–Crippen MR) is 45.6 cm³/mol. The maximum atomic E-state index is 13.0. The zero-order chi connectivity index (χ0) is 10.7. The SMILES string of the molecule is Cc1cc(F)c(NCC(F)F)cc1F. The molecular formula is C9H9F4N. The Bertz CT molecular complexity index is 325. The van der Waals surface area contributed by atoms with Crippen molar-refractivity contribution in [1.82, 2.24) is 0 Å². The van der Waals surface area contributed by atoms with E-state index in [4.69, 9.17) is 0 Å². The number of rotatable bonds is 3. The minimum absolute atomic E-state index is 0.144. The number of benzene rings is 1. The third kappa shape index (κ3) is 2.61. The Balaban J connectivity index is 2.82. The minimum atomic E-state index is -2.60. The van der Waals surface area contributed by atoms with Crippen molar-refractivity contribution in [2.24, 2.45) is 0 Å². The lowest BCUT2D eigenvalue weighted by Gasteiger charge is -2.07. The van der Waals surface area contributed by atoms with Crippen LogP contribution >= 0.6 is 0 Å². The Morgan fingerprint density at radius 2 is 1.86 bits per heavy atom. The van der Waals surface area contributed by atoms with E-state index in [1.54, 1.807) is 0 Å². The molecule has 0 radical (unpaired) electrons. The van der Waals surface area contributed by atoms with E-state index in [9.17, 15) is 17.6 Å². The Morgan fingerprint density at radius 3 is 2.43 bits per heavy atom. The zero-order valence-electron chi connectivity index (χ0n) is 7.45. The molecule has 0 aromatic heterocycles. The van der Waals surface area contributed by atoms with Gasteiger partial charge in [-0.3, -0.25) is 0 Å². The molecule has 0 amide bonds. The van der Waals surface area contributed by atoms with Crippen LogP contribution in [-0.2, 0) is 0 Å². The molecule has 1 N–H and O–H groups in total. The molecule has 0 atom stereocenters. The molecule has 1 rings (SSSR count). The van der Waals surface area contributed by atoms with Crippen molar-refractivity contribution in [3.8, 4) is 0 Å². The highest BCUT2D eigenvalue weighted by Gasteiger charge is 2.08. The number of aryl methyl sites for hydroxylation is 1. The average molecular weight is 207 g/mol. The largest absolute Gasteiger partial charge is 0.377 e. The topological polar surface area (TPSA) is 12.0 Å². The van der Waals surface area contributed by atoms with Crippen LogP contribution in [0.5, 0.6) is 0 Å². The first-order valence-corrected chi connectivity index (χ1v) is 3.98. The van der Waals surface area contributed by atoms with Crippen LogP contribution in [0.1, 0.15) is 5.56 Å². The fraction of sp³-hybridized carbons (Fsp3) is 0.333. The fourth-order valence-corrected chi connectivity index (χ4v) is 0.969. The van der Waals surface area contributed by atoms with E-state index in [1.807, 2.05) is 0 Å². The summed E-state index contributed by atoms with van der Waals surface area (Å²) in [5.74, 6) is -1.35. The monoisotopic (exact) mass is 207 g/mol. The van der Waals surface area contributed by atoms with E-state index in [2.05, 4.69) is 5.32 Å². The molecule has 5 heteroatoms. The number of anilines is 1. The normalized spacial score (nSPS) is 10.7. The van der Waals surface area contributed by atoms with Crippen LogP contribution in [0.25, 0.3) is 0 Å². The highest BCUT2D eigenvalue weighted by atomic mass is 19.3. The quantitative estimate of drug-likeness (QED) is 0.751. The smallest absolute Gasteiger partial charge is 0.255 e. The van der Waals surface area contributed by atoms with E-state index >= 15 is 0 Å². The second-order valence-electron chi connectivity index (χ2n) is 2.85. The molecule has 0 saturated heterocycles. The second kappa shape index (κ2) is 4.30. The summed E-state index contributed by atoms with van der Waals surface area (Å²) in [6, 6.07) is 1.83. The molecule has 0 fully saturated rings. The van der Waals surface area contributed by atoms with Crippen molar-refractivity contribution < 1.29 is 17.6 Å². The first-order valence-electron chi connectivity index (χ1n) is 3.98. The highest BCUT2D eigenvalue weighted by Crippen LogP contribution is 2.18. The van der Waals surface area contributed by atoms with Crippen molar-refractivity contribution in [3.05, 3.63) is 29.3 Å². The van der Waals surface area contributed by atoms with Gasteiger partial charge in [0.25, 0.3) is 6.43 Å². The summed E-state index contributed by atoms with van der Waals surface area (Å²) in [6.45, 7) is 0.703. The van der Waals surface area contributed by atoms with Crippen molar-refractivity contribution in [2.75, 3.05) is 11.9 Å². The number of hydrogen-bond acceptors (Lipinski definition) is 1. The highest BCUT2D eigenvalue weighted by molar-refractivity contribution is 5.46. The van der Waals surface area contributed by atoms with Gasteiger partial charge in [-0.1, -0.05) is 0 Å². The van der Waals surface area contributed by atoms with Crippen molar-refractivity contribution >= 4 is 5.69 Å². The molecule has 0 aliphatic heterocycles. The van der Waals surface area contributed by atoms with Crippen LogP contribution in [0.4, 0.5) is 23.2 Å². The zero-order valence-corrected chi connectivity index (χ0v) is 7.45. The molecule has 0 spiro atoms. The van der Waals surface area contributed by atoms with Gasteiger partial charge in [-0.2, -0.15) is 0 Å². The summed E-state index contributed by atoms with van der Waals surface area (Å²) >= 11 is 0. The van der Waals surface area contributed by atoms with Gasteiger partial charge >= 0.3 is 0 Å². The summed E-state index contributed by atoms with van der Waals surface area (Å²) in [5, 5.41) is 2.12. The van der Waals surface area contributed by atoms with Crippen molar-refractivity contribution in [1.29, 1.82) is 0 Å². The average Bonchev–Trinajstić information content (AvgIpc) is 2.09. The number of halogens is 4. The minimum Gasteiger partial charge on any atom is -0.377 e. The van der Waals surface area contributed by atoms with Crippen molar-refractivity contribution in [3.63, 3.8) is 0 Å². The first kappa shape index (κ1) is 10.8. The molecule has 0 heterocycles. The molecule has 0 saturated carbocycles. The van der Waals surface area contributed by atoms with Gasteiger partial charge in [0.05, 0.1) is 12.2 Å².